The van der Waals surface area contributed by atoms with E-state index in [9.17, 15) is 4.79 Å². The summed E-state index contributed by atoms with van der Waals surface area (Å²) in [5.74, 6) is 0.277. The molecule has 2 aliphatic rings. The Balaban J connectivity index is 1.86. The van der Waals surface area contributed by atoms with E-state index in [1.165, 1.54) is 0 Å². The van der Waals surface area contributed by atoms with Crippen molar-refractivity contribution in [3.63, 3.8) is 0 Å². The highest BCUT2D eigenvalue weighted by atomic mass is 16.7. The van der Waals surface area contributed by atoms with E-state index in [0.29, 0.717) is 12.4 Å². The minimum absolute atomic E-state index is 0.0361. The van der Waals surface area contributed by atoms with E-state index < -0.39 is 0 Å². The van der Waals surface area contributed by atoms with Gasteiger partial charge in [-0.25, -0.2) is 0 Å². The largest absolute Gasteiger partial charge is 0.466 e. The summed E-state index contributed by atoms with van der Waals surface area (Å²) in [6.07, 6.45) is 1.63. The molecule has 18 heavy (non-hydrogen) atoms. The predicted molar refractivity (Wildman–Crippen MR) is 69.2 cm³/mol. The number of esters is 1. The van der Waals surface area contributed by atoms with Gasteiger partial charge in [-0.3, -0.25) is 4.79 Å². The molecule has 0 aromatic rings. The summed E-state index contributed by atoms with van der Waals surface area (Å²) in [4.78, 5) is 11.5. The lowest BCUT2D eigenvalue weighted by atomic mass is 9.56. The van der Waals surface area contributed by atoms with Crippen LogP contribution in [0.5, 0.6) is 0 Å². The second kappa shape index (κ2) is 4.53. The summed E-state index contributed by atoms with van der Waals surface area (Å²) < 4.78 is 17.0. The first-order valence-electron chi connectivity index (χ1n) is 6.79. The van der Waals surface area contributed by atoms with Crippen LogP contribution in [0.3, 0.4) is 0 Å². The molecule has 0 radical (unpaired) electrons. The highest BCUT2D eigenvalue weighted by Gasteiger charge is 2.56. The third-order valence-electron chi connectivity index (χ3n) is 4.45. The first kappa shape index (κ1) is 13.9. The summed E-state index contributed by atoms with van der Waals surface area (Å²) >= 11 is 0. The molecule has 0 N–H and O–H groups in total. The highest BCUT2D eigenvalue weighted by Crippen LogP contribution is 2.48. The van der Waals surface area contributed by atoms with Crippen LogP contribution in [0.15, 0.2) is 0 Å². The smallest absolute Gasteiger partial charge is 0.461 e. The molecule has 5 heteroatoms. The number of carbonyl (C=O) groups is 1. The van der Waals surface area contributed by atoms with Crippen molar-refractivity contribution in [2.75, 3.05) is 6.61 Å². The van der Waals surface area contributed by atoms with E-state index in [4.69, 9.17) is 14.0 Å². The predicted octanol–water partition coefficient (Wildman–Crippen LogP) is 2.42. The van der Waals surface area contributed by atoms with Crippen LogP contribution in [0.1, 0.15) is 47.5 Å². The lowest BCUT2D eigenvalue weighted by Crippen LogP contribution is -2.41. The summed E-state index contributed by atoms with van der Waals surface area (Å²) in [5, 5.41) is 0. The van der Waals surface area contributed by atoms with Crippen LogP contribution in [0.25, 0.3) is 0 Å². The molecule has 0 aromatic heterocycles. The van der Waals surface area contributed by atoms with Crippen molar-refractivity contribution in [2.45, 2.75) is 64.5 Å². The Morgan fingerprint density at radius 1 is 1.22 bits per heavy atom. The monoisotopic (exact) mass is 254 g/mol. The maximum absolute atomic E-state index is 11.5. The topological polar surface area (TPSA) is 44.8 Å². The number of hydrogen-bond acceptors (Lipinski definition) is 4. The van der Waals surface area contributed by atoms with Crippen LogP contribution in [0.4, 0.5) is 0 Å². The second-order valence-corrected chi connectivity index (χ2v) is 6.31. The summed E-state index contributed by atoms with van der Waals surface area (Å²) in [5.41, 5.74) is -0.570. The maximum Gasteiger partial charge on any atom is 0.461 e. The van der Waals surface area contributed by atoms with Gasteiger partial charge in [0.15, 0.2) is 0 Å². The molecule has 1 aliphatic heterocycles. The van der Waals surface area contributed by atoms with Crippen molar-refractivity contribution in [3.8, 4) is 0 Å². The Labute approximate surface area is 110 Å². The number of hydrogen-bond donors (Lipinski definition) is 0. The molecule has 2 fully saturated rings. The fraction of sp³-hybridized carbons (Fsp3) is 0.923. The van der Waals surface area contributed by atoms with Crippen LogP contribution in [0.2, 0.25) is 5.82 Å². The van der Waals surface area contributed by atoms with Gasteiger partial charge in [0.1, 0.15) is 0 Å². The normalized spacial score (nSPS) is 33.1. The van der Waals surface area contributed by atoms with Crippen molar-refractivity contribution in [3.05, 3.63) is 0 Å². The van der Waals surface area contributed by atoms with Gasteiger partial charge in [-0.05, 0) is 53.3 Å². The Kier molecular flexibility index (Phi) is 3.49. The molecular formula is C13H23BO4. The molecular weight excluding hydrogens is 231 g/mol. The van der Waals surface area contributed by atoms with Gasteiger partial charge in [-0.1, -0.05) is 0 Å². The molecule has 0 bridgehead atoms. The Bertz CT molecular complexity index is 318. The molecule has 1 aliphatic carbocycles. The van der Waals surface area contributed by atoms with Gasteiger partial charge in [-0.15, -0.1) is 0 Å². The van der Waals surface area contributed by atoms with Crippen LogP contribution >= 0.6 is 0 Å². The van der Waals surface area contributed by atoms with Crippen LogP contribution in [0, 0.1) is 5.92 Å². The van der Waals surface area contributed by atoms with E-state index in [1.54, 1.807) is 0 Å². The van der Waals surface area contributed by atoms with Gasteiger partial charge >= 0.3 is 13.1 Å². The standard InChI is InChI=1S/C13H23BO4/c1-6-16-11(15)9-7-10(8-9)14-17-12(2,3)13(4,5)18-14/h9-10H,6-8H2,1-5H3. The molecule has 0 atom stereocenters. The van der Waals surface area contributed by atoms with Gasteiger partial charge in [-0.2, -0.15) is 0 Å². The summed E-state index contributed by atoms with van der Waals surface area (Å²) in [6, 6.07) is 0. The van der Waals surface area contributed by atoms with Gasteiger partial charge < -0.3 is 14.0 Å². The van der Waals surface area contributed by atoms with Crippen LogP contribution < -0.4 is 0 Å². The van der Waals surface area contributed by atoms with E-state index >= 15 is 0 Å². The highest BCUT2D eigenvalue weighted by molar-refractivity contribution is 6.48. The molecule has 1 saturated carbocycles. The number of rotatable bonds is 3. The van der Waals surface area contributed by atoms with Gasteiger partial charge in [0.2, 0.25) is 0 Å². The average Bonchev–Trinajstić information content (AvgIpc) is 2.33. The van der Waals surface area contributed by atoms with E-state index in [0.717, 1.165) is 12.8 Å². The first-order valence-corrected chi connectivity index (χ1v) is 6.79. The molecule has 102 valence electrons. The molecule has 0 amide bonds. The zero-order valence-corrected chi connectivity index (χ0v) is 12.0. The Hall–Kier alpha value is -0.545. The molecule has 4 nitrogen and oxygen atoms in total. The zero-order chi connectivity index (χ0) is 13.6. The molecule has 1 heterocycles. The van der Waals surface area contributed by atoms with Crippen LogP contribution in [-0.4, -0.2) is 30.9 Å². The SMILES string of the molecule is CCOC(=O)C1CC(B2OC(C)(C)C(C)(C)O2)C1. The third-order valence-corrected chi connectivity index (χ3v) is 4.45. The molecule has 2 rings (SSSR count). The Morgan fingerprint density at radius 3 is 2.17 bits per heavy atom. The van der Waals surface area contributed by atoms with Crippen molar-refractivity contribution in [1.29, 1.82) is 0 Å². The first-order chi connectivity index (χ1) is 8.27. The molecule has 1 saturated heterocycles. The molecule has 0 aromatic carbocycles. The lowest BCUT2D eigenvalue weighted by molar-refractivity contribution is -0.151. The lowest BCUT2D eigenvalue weighted by Gasteiger charge is -2.34. The molecule has 0 unspecified atom stereocenters. The minimum atomic E-state index is -0.285. The fourth-order valence-electron chi connectivity index (χ4n) is 2.42. The average molecular weight is 254 g/mol. The van der Waals surface area contributed by atoms with Crippen LogP contribution in [-0.2, 0) is 18.8 Å². The second-order valence-electron chi connectivity index (χ2n) is 6.31. The van der Waals surface area contributed by atoms with E-state index in [1.807, 2.05) is 6.92 Å². The quantitative estimate of drug-likeness (QED) is 0.573. The number of carbonyl (C=O) groups excluding carboxylic acids is 1. The summed E-state index contributed by atoms with van der Waals surface area (Å²) in [6.45, 7) is 10.5. The van der Waals surface area contributed by atoms with Gasteiger partial charge in [0.25, 0.3) is 0 Å². The van der Waals surface area contributed by atoms with Crippen molar-refractivity contribution < 1.29 is 18.8 Å². The van der Waals surface area contributed by atoms with Gasteiger partial charge in [0.05, 0.1) is 23.7 Å². The fourth-order valence-corrected chi connectivity index (χ4v) is 2.42. The molecule has 0 spiro atoms. The van der Waals surface area contributed by atoms with Gasteiger partial charge in [0, 0.05) is 0 Å². The van der Waals surface area contributed by atoms with Crippen molar-refractivity contribution >= 4 is 13.1 Å². The third kappa shape index (κ3) is 2.30. The minimum Gasteiger partial charge on any atom is -0.466 e. The maximum atomic E-state index is 11.5. The Morgan fingerprint density at radius 2 is 1.72 bits per heavy atom. The number of ether oxygens (including phenoxy) is 1. The van der Waals surface area contributed by atoms with Crippen molar-refractivity contribution in [1.82, 2.24) is 0 Å². The van der Waals surface area contributed by atoms with E-state index in [-0.39, 0.29) is 30.2 Å². The van der Waals surface area contributed by atoms with E-state index in [2.05, 4.69) is 27.7 Å². The zero-order valence-electron chi connectivity index (χ0n) is 12.0. The van der Waals surface area contributed by atoms with Crippen molar-refractivity contribution in [2.24, 2.45) is 5.92 Å². The summed E-state index contributed by atoms with van der Waals surface area (Å²) in [7, 11) is -0.180.